The van der Waals surface area contributed by atoms with Gasteiger partial charge in [-0.2, -0.15) is 0 Å². The van der Waals surface area contributed by atoms with Gasteiger partial charge in [0, 0.05) is 10.2 Å². The highest BCUT2D eigenvalue weighted by atomic mass is 79.9. The Kier molecular flexibility index (Phi) is 2.06. The number of nitrogen functional groups attached to an aromatic ring is 1. The Morgan fingerprint density at radius 1 is 1.50 bits per heavy atom. The predicted molar refractivity (Wildman–Crippen MR) is 45.6 cm³/mol. The maximum absolute atomic E-state index is 5.59. The average molecular weight is 200 g/mol. The molecule has 0 aliphatic rings. The Balaban J connectivity index is 3.30. The molecule has 0 aromatic heterocycles. The van der Waals surface area contributed by atoms with Crippen LogP contribution in [0.1, 0.15) is 5.56 Å². The fourth-order valence-corrected chi connectivity index (χ4v) is 1.24. The van der Waals surface area contributed by atoms with Gasteiger partial charge in [-0.25, -0.2) is 0 Å². The van der Waals surface area contributed by atoms with E-state index in [0.717, 1.165) is 10.0 Å². The van der Waals surface area contributed by atoms with Crippen LogP contribution in [0.5, 0.6) is 0 Å². The van der Waals surface area contributed by atoms with Crippen molar-refractivity contribution >= 4 is 27.8 Å². The molecule has 4 N–H and O–H groups in total. The van der Waals surface area contributed by atoms with E-state index < -0.39 is 0 Å². The normalized spacial score (nSPS) is 9.30. The van der Waals surface area contributed by atoms with Gasteiger partial charge >= 0.3 is 0 Å². The summed E-state index contributed by atoms with van der Waals surface area (Å²) in [6, 6.07) is 5.57. The fraction of sp³-hybridized carbons (Fsp3) is 0. The van der Waals surface area contributed by atoms with Crippen molar-refractivity contribution in [3.8, 4) is 0 Å². The van der Waals surface area contributed by atoms with Crippen LogP contribution in [0.2, 0.25) is 0 Å². The van der Waals surface area contributed by atoms with E-state index in [9.17, 15) is 0 Å². The summed E-state index contributed by atoms with van der Waals surface area (Å²) in [5.41, 5.74) is 7.13. The van der Waals surface area contributed by atoms with Crippen LogP contribution in [0.4, 0.5) is 5.69 Å². The number of benzene rings is 1. The molecule has 0 saturated heterocycles. The Hall–Kier alpha value is -0.830. The molecule has 0 amide bonds. The van der Waals surface area contributed by atoms with E-state index in [2.05, 4.69) is 15.9 Å². The molecule has 0 heterocycles. The van der Waals surface area contributed by atoms with Crippen LogP contribution in [0.3, 0.4) is 0 Å². The molecule has 2 nitrogen and oxygen atoms in total. The lowest BCUT2D eigenvalue weighted by Crippen LogP contribution is -2.30. The lowest BCUT2D eigenvalue weighted by molar-refractivity contribution is -0.104. The summed E-state index contributed by atoms with van der Waals surface area (Å²) in [5.74, 6) is 0. The number of hydrogen-bond acceptors (Lipinski definition) is 1. The van der Waals surface area contributed by atoms with Crippen molar-refractivity contribution in [2.75, 3.05) is 5.73 Å². The van der Waals surface area contributed by atoms with Crippen molar-refractivity contribution in [1.29, 1.82) is 0 Å². The number of anilines is 1. The average Bonchev–Trinajstić information content (AvgIpc) is 1.88. The molecule has 0 bridgehead atoms. The van der Waals surface area contributed by atoms with Gasteiger partial charge in [0.2, 0.25) is 0 Å². The van der Waals surface area contributed by atoms with Crippen molar-refractivity contribution in [3.63, 3.8) is 0 Å². The summed E-state index contributed by atoms with van der Waals surface area (Å²) in [4.78, 5) is 0. The molecule has 1 rings (SSSR count). The SMILES string of the molecule is Nc1cccc(Br)c1C=[NH2+]. The zero-order valence-corrected chi connectivity index (χ0v) is 6.93. The minimum atomic E-state index is 0.692. The molecule has 0 radical (unpaired) electrons. The Morgan fingerprint density at radius 2 is 2.20 bits per heavy atom. The maximum Gasteiger partial charge on any atom is 0.170 e. The molecule has 0 aliphatic carbocycles. The largest absolute Gasteiger partial charge is 0.398 e. The maximum atomic E-state index is 5.59. The van der Waals surface area contributed by atoms with E-state index in [-0.39, 0.29) is 0 Å². The number of hydrogen-bond donors (Lipinski definition) is 2. The van der Waals surface area contributed by atoms with Crippen LogP contribution in [-0.4, -0.2) is 6.21 Å². The molecule has 0 fully saturated rings. The molecule has 0 aliphatic heterocycles. The van der Waals surface area contributed by atoms with E-state index >= 15 is 0 Å². The molecule has 52 valence electrons. The first kappa shape index (κ1) is 7.28. The first-order valence-corrected chi connectivity index (χ1v) is 3.64. The lowest BCUT2D eigenvalue weighted by atomic mass is 10.2. The quantitative estimate of drug-likeness (QED) is 0.494. The first-order chi connectivity index (χ1) is 4.75. The summed E-state index contributed by atoms with van der Waals surface area (Å²) in [5, 5.41) is 5.32. The van der Waals surface area contributed by atoms with Crippen LogP contribution in [0, 0.1) is 0 Å². The summed E-state index contributed by atoms with van der Waals surface area (Å²) in [6.07, 6.45) is 1.49. The number of rotatable bonds is 1. The van der Waals surface area contributed by atoms with E-state index in [1.54, 1.807) is 0 Å². The van der Waals surface area contributed by atoms with Gasteiger partial charge in [-0.3, -0.25) is 5.41 Å². The van der Waals surface area contributed by atoms with Crippen LogP contribution < -0.4 is 11.1 Å². The summed E-state index contributed by atoms with van der Waals surface area (Å²) >= 11 is 3.32. The topological polar surface area (TPSA) is 51.6 Å². The highest BCUT2D eigenvalue weighted by Gasteiger charge is 2.00. The van der Waals surface area contributed by atoms with E-state index in [1.807, 2.05) is 18.2 Å². The fourth-order valence-electron chi connectivity index (χ4n) is 0.730. The third kappa shape index (κ3) is 1.19. The van der Waals surface area contributed by atoms with Gasteiger partial charge in [0.1, 0.15) is 0 Å². The van der Waals surface area contributed by atoms with Gasteiger partial charge in [-0.05, 0) is 28.1 Å². The second-order valence-electron chi connectivity index (χ2n) is 1.91. The monoisotopic (exact) mass is 199 g/mol. The van der Waals surface area contributed by atoms with Crippen molar-refractivity contribution in [2.45, 2.75) is 0 Å². The van der Waals surface area contributed by atoms with Gasteiger partial charge < -0.3 is 5.73 Å². The van der Waals surface area contributed by atoms with Crippen LogP contribution >= 0.6 is 15.9 Å². The van der Waals surface area contributed by atoms with E-state index in [4.69, 9.17) is 11.1 Å². The summed E-state index contributed by atoms with van der Waals surface area (Å²) in [6.45, 7) is 0. The van der Waals surface area contributed by atoms with Crippen LogP contribution in [-0.2, 0) is 0 Å². The molecule has 10 heavy (non-hydrogen) atoms. The predicted octanol–water partition coefficient (Wildman–Crippen LogP) is 0.209. The molecule has 0 atom stereocenters. The lowest BCUT2D eigenvalue weighted by Gasteiger charge is -1.97. The molecule has 0 saturated carbocycles. The molecule has 1 aromatic carbocycles. The molecular weight excluding hydrogens is 192 g/mol. The van der Waals surface area contributed by atoms with Gasteiger partial charge in [-0.1, -0.05) is 6.07 Å². The minimum Gasteiger partial charge on any atom is -0.398 e. The molecule has 1 aromatic rings. The molecule has 0 spiro atoms. The molecule has 3 heteroatoms. The third-order valence-electron chi connectivity index (χ3n) is 1.25. The minimum absolute atomic E-state index is 0.692. The van der Waals surface area contributed by atoms with Gasteiger partial charge in [0.05, 0.1) is 5.56 Å². The molecular formula is C7H8BrN2+. The second kappa shape index (κ2) is 2.84. The third-order valence-corrected chi connectivity index (χ3v) is 1.94. The van der Waals surface area contributed by atoms with Crippen molar-refractivity contribution in [1.82, 2.24) is 0 Å². The van der Waals surface area contributed by atoms with Gasteiger partial charge in [-0.15, -0.1) is 0 Å². The van der Waals surface area contributed by atoms with Crippen molar-refractivity contribution in [3.05, 3.63) is 28.2 Å². The summed E-state index contributed by atoms with van der Waals surface area (Å²) in [7, 11) is 0. The Bertz CT molecular complexity index is 238. The highest BCUT2D eigenvalue weighted by molar-refractivity contribution is 9.10. The van der Waals surface area contributed by atoms with Crippen molar-refractivity contribution < 1.29 is 5.41 Å². The Morgan fingerprint density at radius 3 is 2.60 bits per heavy atom. The number of nitrogens with two attached hydrogens (primary N) is 2. The zero-order chi connectivity index (χ0) is 7.56. The first-order valence-electron chi connectivity index (χ1n) is 2.84. The second-order valence-corrected chi connectivity index (χ2v) is 2.76. The Labute approximate surface area is 67.7 Å². The zero-order valence-electron chi connectivity index (χ0n) is 5.34. The highest BCUT2D eigenvalue weighted by Crippen LogP contribution is 2.19. The molecule has 0 unspecified atom stereocenters. The van der Waals surface area contributed by atoms with E-state index in [0.29, 0.717) is 5.69 Å². The summed E-state index contributed by atoms with van der Waals surface area (Å²) < 4.78 is 0.926. The van der Waals surface area contributed by atoms with Crippen LogP contribution in [0.25, 0.3) is 0 Å². The van der Waals surface area contributed by atoms with Gasteiger partial charge in [0.25, 0.3) is 0 Å². The standard InChI is InChI=1S/C7H7BrN2/c8-6-2-1-3-7(10)5(6)4-9/h1-4,9H,10H2/p+1. The number of halogens is 1. The van der Waals surface area contributed by atoms with Crippen molar-refractivity contribution in [2.24, 2.45) is 0 Å². The smallest absolute Gasteiger partial charge is 0.170 e. The van der Waals surface area contributed by atoms with E-state index in [1.165, 1.54) is 6.21 Å². The van der Waals surface area contributed by atoms with Crippen LogP contribution in [0.15, 0.2) is 22.7 Å². The van der Waals surface area contributed by atoms with Gasteiger partial charge in [0.15, 0.2) is 6.21 Å².